The quantitative estimate of drug-likeness (QED) is 0.885. The smallest absolute Gasteiger partial charge is 0.103 e. The Hall–Kier alpha value is -1.56. The average Bonchev–Trinajstić information content (AvgIpc) is 2.85. The van der Waals surface area contributed by atoms with E-state index in [0.717, 1.165) is 23.0 Å². The molecule has 1 heterocycles. The van der Waals surface area contributed by atoms with Gasteiger partial charge in [-0.3, -0.25) is 4.98 Å². The summed E-state index contributed by atoms with van der Waals surface area (Å²) in [6, 6.07) is 4.78. The summed E-state index contributed by atoms with van der Waals surface area (Å²) in [6.07, 6.45) is 3.95. The molecular weight excluding hydrogens is 258 g/mol. The van der Waals surface area contributed by atoms with Crippen LogP contribution in [0.4, 0.5) is 5.69 Å². The molecule has 21 heavy (non-hydrogen) atoms. The zero-order chi connectivity index (χ0) is 15.4. The van der Waals surface area contributed by atoms with E-state index < -0.39 is 0 Å². The summed E-state index contributed by atoms with van der Waals surface area (Å²) in [5.74, 6) is 0.801. The lowest BCUT2D eigenvalue weighted by Crippen LogP contribution is -2.46. The number of hydrogen-bond acceptors (Lipinski definition) is 3. The summed E-state index contributed by atoms with van der Waals surface area (Å²) in [5, 5.41) is 13.2. The zero-order valence-corrected chi connectivity index (χ0v) is 13.7. The Bertz CT molecular complexity index is 621. The Balaban J connectivity index is 2.00. The van der Waals surface area contributed by atoms with Crippen molar-refractivity contribution in [1.29, 1.82) is 5.26 Å². The SMILES string of the molecule is Cc1cc(NC2C3(C)CCC(C3)C2(C)C)c(C#N)c(C)n1. The van der Waals surface area contributed by atoms with Crippen LogP contribution in [-0.4, -0.2) is 11.0 Å². The number of nitrogens with one attached hydrogen (secondary N) is 1. The zero-order valence-electron chi connectivity index (χ0n) is 13.7. The molecule has 0 saturated heterocycles. The molecule has 2 aliphatic carbocycles. The third-order valence-electron chi connectivity index (χ3n) is 6.01. The van der Waals surface area contributed by atoms with E-state index in [1.54, 1.807) is 0 Å². The monoisotopic (exact) mass is 283 g/mol. The summed E-state index contributed by atoms with van der Waals surface area (Å²) in [4.78, 5) is 4.42. The number of pyridine rings is 1. The van der Waals surface area contributed by atoms with Gasteiger partial charge in [-0.1, -0.05) is 20.8 Å². The molecule has 3 unspecified atom stereocenters. The van der Waals surface area contributed by atoms with E-state index in [9.17, 15) is 5.26 Å². The van der Waals surface area contributed by atoms with Gasteiger partial charge in [0.2, 0.25) is 0 Å². The molecule has 0 spiro atoms. The molecule has 1 aromatic heterocycles. The maximum Gasteiger partial charge on any atom is 0.103 e. The average molecular weight is 283 g/mol. The Morgan fingerprint density at radius 2 is 2.05 bits per heavy atom. The first-order valence-corrected chi connectivity index (χ1v) is 7.93. The third-order valence-corrected chi connectivity index (χ3v) is 6.01. The molecule has 1 N–H and O–H groups in total. The Morgan fingerprint density at radius 1 is 1.33 bits per heavy atom. The number of nitriles is 1. The molecule has 3 nitrogen and oxygen atoms in total. The predicted octanol–water partition coefficient (Wildman–Crippen LogP) is 4.20. The van der Waals surface area contributed by atoms with Crippen molar-refractivity contribution in [2.24, 2.45) is 16.7 Å². The molecular formula is C18H25N3. The van der Waals surface area contributed by atoms with Gasteiger partial charge < -0.3 is 5.32 Å². The number of nitrogens with zero attached hydrogens (tertiary/aromatic N) is 2. The van der Waals surface area contributed by atoms with E-state index >= 15 is 0 Å². The molecule has 0 radical (unpaired) electrons. The van der Waals surface area contributed by atoms with Gasteiger partial charge in [-0.15, -0.1) is 0 Å². The fraction of sp³-hybridized carbons (Fsp3) is 0.667. The highest BCUT2D eigenvalue weighted by molar-refractivity contribution is 5.61. The van der Waals surface area contributed by atoms with Crippen LogP contribution in [0.2, 0.25) is 0 Å². The van der Waals surface area contributed by atoms with Crippen molar-refractivity contribution in [1.82, 2.24) is 4.98 Å². The normalized spacial score (nSPS) is 33.0. The molecule has 2 bridgehead atoms. The van der Waals surface area contributed by atoms with Crippen LogP contribution in [0, 0.1) is 41.9 Å². The highest BCUT2D eigenvalue weighted by Crippen LogP contribution is 2.63. The van der Waals surface area contributed by atoms with Gasteiger partial charge in [0.1, 0.15) is 6.07 Å². The fourth-order valence-electron chi connectivity index (χ4n) is 4.90. The molecule has 2 saturated carbocycles. The second-order valence-electron chi connectivity index (χ2n) is 7.88. The number of anilines is 1. The first-order chi connectivity index (χ1) is 9.78. The van der Waals surface area contributed by atoms with Gasteiger partial charge in [-0.05, 0) is 55.9 Å². The molecule has 2 aliphatic rings. The third kappa shape index (κ3) is 2.04. The first-order valence-electron chi connectivity index (χ1n) is 7.93. The maximum absolute atomic E-state index is 9.46. The maximum atomic E-state index is 9.46. The molecule has 0 aliphatic heterocycles. The molecule has 1 aromatic rings. The topological polar surface area (TPSA) is 48.7 Å². The lowest BCUT2D eigenvalue weighted by Gasteiger charge is -2.43. The van der Waals surface area contributed by atoms with Crippen molar-refractivity contribution < 1.29 is 0 Å². The highest BCUT2D eigenvalue weighted by Gasteiger charge is 2.59. The minimum Gasteiger partial charge on any atom is -0.380 e. The van der Waals surface area contributed by atoms with E-state index in [1.807, 2.05) is 19.9 Å². The molecule has 3 heteroatoms. The molecule has 0 aromatic carbocycles. The molecule has 112 valence electrons. The molecule has 2 fully saturated rings. The Kier molecular flexibility index (Phi) is 3.06. The van der Waals surface area contributed by atoms with Crippen LogP contribution in [0.25, 0.3) is 0 Å². The van der Waals surface area contributed by atoms with Gasteiger partial charge >= 0.3 is 0 Å². The Labute approximate surface area is 127 Å². The van der Waals surface area contributed by atoms with E-state index in [-0.39, 0.29) is 5.41 Å². The highest BCUT2D eigenvalue weighted by atomic mass is 15.0. The molecule has 3 atom stereocenters. The van der Waals surface area contributed by atoms with Crippen LogP contribution in [0.15, 0.2) is 6.07 Å². The van der Waals surface area contributed by atoms with Crippen molar-refractivity contribution >= 4 is 5.69 Å². The van der Waals surface area contributed by atoms with Gasteiger partial charge in [0.15, 0.2) is 0 Å². The second kappa shape index (κ2) is 4.47. The van der Waals surface area contributed by atoms with Crippen LogP contribution >= 0.6 is 0 Å². The number of hydrogen-bond donors (Lipinski definition) is 1. The van der Waals surface area contributed by atoms with Gasteiger partial charge in [0.25, 0.3) is 0 Å². The number of fused-ring (bicyclic) bond motifs is 2. The summed E-state index contributed by atoms with van der Waals surface area (Å²) >= 11 is 0. The number of aryl methyl sites for hydroxylation is 2. The predicted molar refractivity (Wildman–Crippen MR) is 85.1 cm³/mol. The number of aromatic nitrogens is 1. The standard InChI is InChI=1S/C18H25N3/c1-11-8-15(14(10-19)12(2)20-11)21-16-17(3,4)13-6-7-18(16,5)9-13/h8,13,16H,6-7,9H2,1-5H3,(H,20,21). The minimum absolute atomic E-state index is 0.283. The van der Waals surface area contributed by atoms with E-state index in [0.29, 0.717) is 17.0 Å². The summed E-state index contributed by atoms with van der Waals surface area (Å²) in [7, 11) is 0. The largest absolute Gasteiger partial charge is 0.380 e. The van der Waals surface area contributed by atoms with Crippen molar-refractivity contribution in [3.63, 3.8) is 0 Å². The van der Waals surface area contributed by atoms with Crippen LogP contribution in [0.3, 0.4) is 0 Å². The summed E-state index contributed by atoms with van der Waals surface area (Å²) < 4.78 is 0. The van der Waals surface area contributed by atoms with E-state index in [2.05, 4.69) is 37.1 Å². The van der Waals surface area contributed by atoms with Gasteiger partial charge in [-0.2, -0.15) is 5.26 Å². The van der Waals surface area contributed by atoms with Gasteiger partial charge in [-0.25, -0.2) is 0 Å². The lowest BCUT2D eigenvalue weighted by molar-refractivity contribution is 0.155. The summed E-state index contributed by atoms with van der Waals surface area (Å²) in [5.41, 5.74) is 4.10. The number of rotatable bonds is 2. The van der Waals surface area contributed by atoms with Gasteiger partial charge in [0.05, 0.1) is 16.9 Å². The van der Waals surface area contributed by atoms with Crippen molar-refractivity contribution in [3.8, 4) is 6.07 Å². The summed E-state index contributed by atoms with van der Waals surface area (Å²) in [6.45, 7) is 11.1. The van der Waals surface area contributed by atoms with E-state index in [1.165, 1.54) is 19.3 Å². The van der Waals surface area contributed by atoms with Crippen molar-refractivity contribution in [2.75, 3.05) is 5.32 Å². The van der Waals surface area contributed by atoms with Crippen LogP contribution in [-0.2, 0) is 0 Å². The van der Waals surface area contributed by atoms with Crippen LogP contribution in [0.1, 0.15) is 57.0 Å². The molecule has 0 amide bonds. The lowest BCUT2D eigenvalue weighted by atomic mass is 9.68. The first kappa shape index (κ1) is 14.4. The van der Waals surface area contributed by atoms with E-state index in [4.69, 9.17) is 0 Å². The second-order valence-corrected chi connectivity index (χ2v) is 7.88. The minimum atomic E-state index is 0.283. The fourth-order valence-corrected chi connectivity index (χ4v) is 4.90. The van der Waals surface area contributed by atoms with Crippen LogP contribution in [0.5, 0.6) is 0 Å². The van der Waals surface area contributed by atoms with Crippen LogP contribution < -0.4 is 5.32 Å². The van der Waals surface area contributed by atoms with Gasteiger partial charge in [0, 0.05) is 11.7 Å². The van der Waals surface area contributed by atoms with Crippen molar-refractivity contribution in [3.05, 3.63) is 23.0 Å². The van der Waals surface area contributed by atoms with Crippen molar-refractivity contribution in [2.45, 2.75) is 59.9 Å². The Morgan fingerprint density at radius 3 is 2.62 bits per heavy atom. The molecule has 3 rings (SSSR count).